The molecule has 1 aromatic heterocycles. The van der Waals surface area contributed by atoms with Crippen LogP contribution < -0.4 is 15.5 Å². The number of piperidine rings is 1. The Morgan fingerprint density at radius 2 is 2.17 bits per heavy atom. The summed E-state index contributed by atoms with van der Waals surface area (Å²) in [7, 11) is 3.86. The van der Waals surface area contributed by atoms with Crippen LogP contribution in [0.25, 0.3) is 0 Å². The third-order valence-corrected chi connectivity index (χ3v) is 4.65. The molecular formula is C17H27N5O. The Bertz CT molecular complexity index is 544. The van der Waals surface area contributed by atoms with E-state index in [1.54, 1.807) is 6.20 Å². The second kappa shape index (κ2) is 7.17. The number of pyridine rings is 1. The molecule has 1 aliphatic carbocycles. The summed E-state index contributed by atoms with van der Waals surface area (Å²) in [6, 6.07) is 4.81. The molecule has 1 saturated carbocycles. The molecule has 1 saturated heterocycles. The van der Waals surface area contributed by atoms with E-state index in [1.807, 2.05) is 31.1 Å². The zero-order chi connectivity index (χ0) is 16.2. The summed E-state index contributed by atoms with van der Waals surface area (Å²) in [5, 5.41) is 5.94. The molecule has 0 aromatic carbocycles. The first-order valence-electron chi connectivity index (χ1n) is 8.57. The molecule has 2 fully saturated rings. The van der Waals surface area contributed by atoms with Gasteiger partial charge in [0.2, 0.25) is 0 Å². The highest BCUT2D eigenvalue weighted by Crippen LogP contribution is 2.32. The number of hydrogen-bond donors (Lipinski definition) is 2. The van der Waals surface area contributed by atoms with Gasteiger partial charge in [0.1, 0.15) is 5.82 Å². The number of rotatable bonds is 5. The molecule has 0 bridgehead atoms. The van der Waals surface area contributed by atoms with Crippen molar-refractivity contribution in [2.24, 2.45) is 0 Å². The number of nitrogens with zero attached hydrogens (tertiary/aromatic N) is 3. The summed E-state index contributed by atoms with van der Waals surface area (Å²) in [4.78, 5) is 20.9. The van der Waals surface area contributed by atoms with Crippen molar-refractivity contribution in [1.82, 2.24) is 15.2 Å². The van der Waals surface area contributed by atoms with Gasteiger partial charge in [-0.05, 0) is 38.3 Å². The van der Waals surface area contributed by atoms with Crippen molar-refractivity contribution < 1.29 is 4.79 Å². The lowest BCUT2D eigenvalue weighted by atomic mass is 10.0. The molecule has 0 radical (unpaired) electrons. The fourth-order valence-corrected chi connectivity index (χ4v) is 3.26. The van der Waals surface area contributed by atoms with Crippen molar-refractivity contribution in [2.45, 2.75) is 44.2 Å². The first kappa shape index (κ1) is 16.1. The average Bonchev–Trinajstić information content (AvgIpc) is 3.38. The van der Waals surface area contributed by atoms with E-state index < -0.39 is 0 Å². The summed E-state index contributed by atoms with van der Waals surface area (Å²) in [6.07, 6.45) is 8.12. The first-order valence-corrected chi connectivity index (χ1v) is 8.57. The first-order chi connectivity index (χ1) is 11.1. The van der Waals surface area contributed by atoms with Crippen LogP contribution in [0.15, 0.2) is 18.3 Å². The van der Waals surface area contributed by atoms with Gasteiger partial charge in [-0.1, -0.05) is 6.42 Å². The minimum Gasteiger partial charge on any atom is -0.363 e. The van der Waals surface area contributed by atoms with Crippen LogP contribution >= 0.6 is 0 Å². The quantitative estimate of drug-likeness (QED) is 0.875. The highest BCUT2D eigenvalue weighted by atomic mass is 16.2. The fourth-order valence-electron chi connectivity index (χ4n) is 3.26. The van der Waals surface area contributed by atoms with Crippen molar-refractivity contribution in [3.05, 3.63) is 18.3 Å². The number of amides is 2. The van der Waals surface area contributed by atoms with Crippen molar-refractivity contribution >= 4 is 17.5 Å². The Morgan fingerprint density at radius 1 is 1.35 bits per heavy atom. The molecule has 126 valence electrons. The predicted octanol–water partition coefficient (Wildman–Crippen LogP) is 2.29. The van der Waals surface area contributed by atoms with Crippen LogP contribution in [0.4, 0.5) is 16.3 Å². The lowest BCUT2D eigenvalue weighted by Crippen LogP contribution is -2.48. The third kappa shape index (κ3) is 4.34. The van der Waals surface area contributed by atoms with E-state index in [-0.39, 0.29) is 6.03 Å². The largest absolute Gasteiger partial charge is 0.363 e. The monoisotopic (exact) mass is 317 g/mol. The molecule has 2 heterocycles. The van der Waals surface area contributed by atoms with Crippen LogP contribution in [0.2, 0.25) is 0 Å². The molecule has 1 atom stereocenters. The van der Waals surface area contributed by atoms with Crippen molar-refractivity contribution in [3.63, 3.8) is 0 Å². The van der Waals surface area contributed by atoms with E-state index >= 15 is 0 Å². The van der Waals surface area contributed by atoms with Crippen molar-refractivity contribution in [1.29, 1.82) is 0 Å². The van der Waals surface area contributed by atoms with Crippen LogP contribution in [-0.2, 0) is 0 Å². The van der Waals surface area contributed by atoms with Gasteiger partial charge in [0.05, 0.1) is 0 Å². The molecular weight excluding hydrogens is 290 g/mol. The number of anilines is 2. The van der Waals surface area contributed by atoms with Crippen LogP contribution in [0.5, 0.6) is 0 Å². The number of carbonyl (C=O) groups excluding carboxylic acids is 1. The Labute approximate surface area is 138 Å². The van der Waals surface area contributed by atoms with Crippen LogP contribution in [0.1, 0.15) is 32.1 Å². The molecule has 2 aliphatic rings. The van der Waals surface area contributed by atoms with Gasteiger partial charge in [0.25, 0.3) is 0 Å². The van der Waals surface area contributed by atoms with Gasteiger partial charge in [-0.3, -0.25) is 4.90 Å². The molecule has 1 aliphatic heterocycles. The Balaban J connectivity index is 1.50. The normalized spacial score (nSPS) is 21.7. The van der Waals surface area contributed by atoms with Gasteiger partial charge < -0.3 is 15.5 Å². The highest BCUT2D eigenvalue weighted by molar-refractivity contribution is 5.89. The number of urea groups is 1. The lowest BCUT2D eigenvalue weighted by molar-refractivity contribution is 0.138. The van der Waals surface area contributed by atoms with E-state index in [1.165, 1.54) is 38.6 Å². The zero-order valence-corrected chi connectivity index (χ0v) is 14.1. The maximum absolute atomic E-state index is 12.2. The number of likely N-dealkylation sites (tertiary alicyclic amines) is 1. The molecule has 23 heavy (non-hydrogen) atoms. The minimum absolute atomic E-state index is 0.137. The van der Waals surface area contributed by atoms with E-state index in [2.05, 4.69) is 20.5 Å². The van der Waals surface area contributed by atoms with Crippen LogP contribution in [0.3, 0.4) is 0 Å². The topological polar surface area (TPSA) is 60.5 Å². The smallest absolute Gasteiger partial charge is 0.319 e. The second-order valence-electron chi connectivity index (χ2n) is 6.75. The number of hydrogen-bond acceptors (Lipinski definition) is 4. The predicted molar refractivity (Wildman–Crippen MR) is 93.0 cm³/mol. The van der Waals surface area contributed by atoms with Gasteiger partial charge >= 0.3 is 6.03 Å². The summed E-state index contributed by atoms with van der Waals surface area (Å²) in [5.74, 6) is 0.829. The molecule has 1 aromatic rings. The standard InChI is InChI=1S/C17H27N5O/c1-21(2)16-11-13(8-9-18-16)20-17(23)19-12-15-5-3-4-10-22(15)14-6-7-14/h8-9,11,14-15H,3-7,10,12H2,1-2H3,(H2,18,19,20,23)/t15-/m1/s1. The van der Waals surface area contributed by atoms with E-state index in [0.29, 0.717) is 6.04 Å². The maximum Gasteiger partial charge on any atom is 0.319 e. The minimum atomic E-state index is -0.137. The summed E-state index contributed by atoms with van der Waals surface area (Å²) in [5.41, 5.74) is 0.767. The molecule has 0 spiro atoms. The zero-order valence-electron chi connectivity index (χ0n) is 14.1. The lowest BCUT2D eigenvalue weighted by Gasteiger charge is -2.36. The maximum atomic E-state index is 12.2. The molecule has 0 unspecified atom stereocenters. The molecule has 6 heteroatoms. The number of carbonyl (C=O) groups is 1. The van der Waals surface area contributed by atoms with Gasteiger partial charge in [0, 0.05) is 50.7 Å². The van der Waals surface area contributed by atoms with Crippen LogP contribution in [-0.4, -0.2) is 55.2 Å². The second-order valence-corrected chi connectivity index (χ2v) is 6.75. The van der Waals surface area contributed by atoms with E-state index in [0.717, 1.165) is 24.1 Å². The van der Waals surface area contributed by atoms with Gasteiger partial charge in [-0.15, -0.1) is 0 Å². The Kier molecular flexibility index (Phi) is 5.00. The molecule has 2 amide bonds. The van der Waals surface area contributed by atoms with Crippen molar-refractivity contribution in [2.75, 3.05) is 37.4 Å². The van der Waals surface area contributed by atoms with E-state index in [4.69, 9.17) is 0 Å². The Morgan fingerprint density at radius 3 is 2.91 bits per heavy atom. The Hall–Kier alpha value is -1.82. The summed E-state index contributed by atoms with van der Waals surface area (Å²) < 4.78 is 0. The highest BCUT2D eigenvalue weighted by Gasteiger charge is 2.35. The van der Waals surface area contributed by atoms with Crippen molar-refractivity contribution in [3.8, 4) is 0 Å². The number of aromatic nitrogens is 1. The van der Waals surface area contributed by atoms with Gasteiger partial charge in [-0.2, -0.15) is 0 Å². The number of nitrogens with one attached hydrogen (secondary N) is 2. The SMILES string of the molecule is CN(C)c1cc(NC(=O)NC[C@H]2CCCCN2C2CC2)ccn1. The van der Waals surface area contributed by atoms with Gasteiger partial charge in [0.15, 0.2) is 0 Å². The molecule has 3 rings (SSSR count). The molecule has 6 nitrogen and oxygen atoms in total. The third-order valence-electron chi connectivity index (χ3n) is 4.65. The van der Waals surface area contributed by atoms with Crippen LogP contribution in [0, 0.1) is 0 Å². The summed E-state index contributed by atoms with van der Waals surface area (Å²) >= 11 is 0. The average molecular weight is 317 g/mol. The van der Waals surface area contributed by atoms with E-state index in [9.17, 15) is 4.79 Å². The fraction of sp³-hybridized carbons (Fsp3) is 0.647. The van der Waals surface area contributed by atoms with Gasteiger partial charge in [-0.25, -0.2) is 9.78 Å². The molecule has 2 N–H and O–H groups in total. The summed E-state index contributed by atoms with van der Waals surface area (Å²) in [6.45, 7) is 1.92.